The molecule has 0 amide bonds. The molecule has 0 saturated carbocycles. The molecule has 0 saturated heterocycles. The summed E-state index contributed by atoms with van der Waals surface area (Å²) in [6.07, 6.45) is 1.45. The first-order chi connectivity index (χ1) is 9.68. The molecule has 0 unspecified atom stereocenters. The molecule has 0 aliphatic rings. The van der Waals surface area contributed by atoms with Gasteiger partial charge < -0.3 is 4.42 Å². The molecule has 0 aliphatic carbocycles. The van der Waals surface area contributed by atoms with E-state index in [0.29, 0.717) is 11.4 Å². The number of aromatic nitrogens is 3. The molecule has 0 bridgehead atoms. The molecular weight excluding hydrogens is 258 g/mol. The minimum Gasteiger partial charge on any atom is -0.462 e. The third-order valence-electron chi connectivity index (χ3n) is 2.89. The smallest absolute Gasteiger partial charge is 0.351 e. The van der Waals surface area contributed by atoms with E-state index in [9.17, 15) is 9.59 Å². The summed E-state index contributed by atoms with van der Waals surface area (Å²) in [5.74, 6) is 0.329. The molecule has 0 radical (unpaired) electrons. The zero-order valence-corrected chi connectivity index (χ0v) is 10.7. The van der Waals surface area contributed by atoms with E-state index in [4.69, 9.17) is 4.42 Å². The van der Waals surface area contributed by atoms with E-state index in [1.54, 1.807) is 36.4 Å². The van der Waals surface area contributed by atoms with Crippen molar-refractivity contribution in [3.05, 3.63) is 69.6 Å². The van der Waals surface area contributed by atoms with Gasteiger partial charge in [0.2, 0.25) is 0 Å². The summed E-state index contributed by atoms with van der Waals surface area (Å²) in [6, 6.07) is 12.0. The van der Waals surface area contributed by atoms with E-state index in [0.717, 1.165) is 9.25 Å². The van der Waals surface area contributed by atoms with Gasteiger partial charge in [-0.15, -0.1) is 0 Å². The van der Waals surface area contributed by atoms with Crippen LogP contribution in [0.3, 0.4) is 0 Å². The summed E-state index contributed by atoms with van der Waals surface area (Å²) in [6.45, 7) is 0. The van der Waals surface area contributed by atoms with Crippen LogP contribution in [0, 0.1) is 0 Å². The predicted octanol–water partition coefficient (Wildman–Crippen LogP) is 1.19. The van der Waals surface area contributed by atoms with Crippen LogP contribution >= 0.6 is 0 Å². The summed E-state index contributed by atoms with van der Waals surface area (Å²) in [5.41, 5.74) is -0.417. The lowest BCUT2D eigenvalue weighted by Crippen LogP contribution is -2.40. The van der Waals surface area contributed by atoms with Crippen LogP contribution in [0.4, 0.5) is 0 Å². The minimum atomic E-state index is -0.505. The lowest BCUT2D eigenvalue weighted by molar-refractivity contribution is 0.564. The van der Waals surface area contributed by atoms with Crippen molar-refractivity contribution in [2.45, 2.75) is 0 Å². The summed E-state index contributed by atoms with van der Waals surface area (Å²) in [4.78, 5) is 24.6. The summed E-state index contributed by atoms with van der Waals surface area (Å²) in [7, 11) is 1.49. The fourth-order valence-corrected chi connectivity index (χ4v) is 1.95. The van der Waals surface area contributed by atoms with Gasteiger partial charge in [0.15, 0.2) is 11.5 Å². The Kier molecular flexibility index (Phi) is 2.83. The Labute approximate surface area is 113 Å². The van der Waals surface area contributed by atoms with Crippen molar-refractivity contribution in [1.82, 2.24) is 14.3 Å². The van der Waals surface area contributed by atoms with Crippen LogP contribution in [0.1, 0.15) is 0 Å². The first-order valence-corrected chi connectivity index (χ1v) is 5.98. The van der Waals surface area contributed by atoms with E-state index >= 15 is 0 Å². The SMILES string of the molecule is Cn1nc(-c2ccco2)c(=O)n(-c2ccccc2)c1=O. The summed E-state index contributed by atoms with van der Waals surface area (Å²) < 4.78 is 7.39. The third kappa shape index (κ3) is 1.87. The molecule has 3 rings (SSSR count). The van der Waals surface area contributed by atoms with Crippen molar-refractivity contribution in [1.29, 1.82) is 0 Å². The maximum absolute atomic E-state index is 12.5. The molecular formula is C14H11N3O3. The van der Waals surface area contributed by atoms with Crippen LogP contribution in [0.2, 0.25) is 0 Å². The molecule has 3 aromatic rings. The van der Waals surface area contributed by atoms with Crippen molar-refractivity contribution in [3.8, 4) is 17.1 Å². The second-order valence-electron chi connectivity index (χ2n) is 4.21. The Morgan fingerprint density at radius 1 is 1.05 bits per heavy atom. The van der Waals surface area contributed by atoms with Crippen LogP contribution in [-0.2, 0) is 7.05 Å². The van der Waals surface area contributed by atoms with Gasteiger partial charge in [-0.1, -0.05) is 18.2 Å². The standard InChI is InChI=1S/C14H11N3O3/c1-16-14(19)17(10-6-3-2-4-7-10)13(18)12(15-16)11-8-5-9-20-11/h2-9H,1H3. The lowest BCUT2D eigenvalue weighted by atomic mass is 10.3. The van der Waals surface area contributed by atoms with Crippen molar-refractivity contribution in [3.63, 3.8) is 0 Å². The highest BCUT2D eigenvalue weighted by Gasteiger charge is 2.16. The molecule has 0 aliphatic heterocycles. The molecule has 1 aromatic carbocycles. The number of furan rings is 1. The van der Waals surface area contributed by atoms with E-state index in [2.05, 4.69) is 5.10 Å². The van der Waals surface area contributed by atoms with Crippen LogP contribution in [0.15, 0.2) is 62.7 Å². The third-order valence-corrected chi connectivity index (χ3v) is 2.89. The number of hydrogen-bond donors (Lipinski definition) is 0. The number of hydrogen-bond acceptors (Lipinski definition) is 4. The lowest BCUT2D eigenvalue weighted by Gasteiger charge is -2.08. The molecule has 2 heterocycles. The van der Waals surface area contributed by atoms with Crippen molar-refractivity contribution < 1.29 is 4.42 Å². The fraction of sp³-hybridized carbons (Fsp3) is 0.0714. The second-order valence-corrected chi connectivity index (χ2v) is 4.21. The molecule has 100 valence electrons. The van der Waals surface area contributed by atoms with Crippen LogP contribution in [-0.4, -0.2) is 14.3 Å². The van der Waals surface area contributed by atoms with Crippen LogP contribution in [0.5, 0.6) is 0 Å². The van der Waals surface area contributed by atoms with Gasteiger partial charge in [-0.3, -0.25) is 4.79 Å². The van der Waals surface area contributed by atoms with E-state index in [1.807, 2.05) is 6.07 Å². The normalized spacial score (nSPS) is 10.7. The molecule has 0 spiro atoms. The predicted molar refractivity (Wildman–Crippen MR) is 72.8 cm³/mol. The number of benzene rings is 1. The van der Waals surface area contributed by atoms with Crippen molar-refractivity contribution in [2.24, 2.45) is 7.05 Å². The van der Waals surface area contributed by atoms with Gasteiger partial charge in [0, 0.05) is 7.05 Å². The molecule has 0 atom stereocenters. The summed E-state index contributed by atoms with van der Waals surface area (Å²) >= 11 is 0. The van der Waals surface area contributed by atoms with Gasteiger partial charge in [0.05, 0.1) is 12.0 Å². The van der Waals surface area contributed by atoms with Gasteiger partial charge in [-0.2, -0.15) is 5.10 Å². The zero-order valence-electron chi connectivity index (χ0n) is 10.7. The number of rotatable bonds is 2. The minimum absolute atomic E-state index is 0.0981. The van der Waals surface area contributed by atoms with Gasteiger partial charge in [0.1, 0.15) is 0 Å². The molecule has 6 nitrogen and oxygen atoms in total. The van der Waals surface area contributed by atoms with E-state index < -0.39 is 11.2 Å². The van der Waals surface area contributed by atoms with Crippen LogP contribution in [0.25, 0.3) is 17.1 Å². The first-order valence-electron chi connectivity index (χ1n) is 5.98. The maximum Gasteiger partial charge on any atom is 0.351 e. The topological polar surface area (TPSA) is 70.0 Å². The van der Waals surface area contributed by atoms with E-state index in [-0.39, 0.29) is 5.69 Å². The monoisotopic (exact) mass is 269 g/mol. The Balaban J connectivity index is 2.36. The average molecular weight is 269 g/mol. The van der Waals surface area contributed by atoms with Gasteiger partial charge in [-0.05, 0) is 24.3 Å². The quantitative estimate of drug-likeness (QED) is 0.700. The molecule has 20 heavy (non-hydrogen) atoms. The highest BCUT2D eigenvalue weighted by Crippen LogP contribution is 2.12. The summed E-state index contributed by atoms with van der Waals surface area (Å²) in [5, 5.41) is 3.98. The number of para-hydroxylation sites is 1. The van der Waals surface area contributed by atoms with Gasteiger partial charge in [-0.25, -0.2) is 14.0 Å². The number of nitrogens with zero attached hydrogens (tertiary/aromatic N) is 3. The zero-order chi connectivity index (χ0) is 14.1. The van der Waals surface area contributed by atoms with Crippen molar-refractivity contribution >= 4 is 0 Å². The van der Waals surface area contributed by atoms with E-state index in [1.165, 1.54) is 13.3 Å². The van der Waals surface area contributed by atoms with Crippen LogP contribution < -0.4 is 11.2 Å². The second kappa shape index (κ2) is 4.65. The highest BCUT2D eigenvalue weighted by molar-refractivity contribution is 5.50. The highest BCUT2D eigenvalue weighted by atomic mass is 16.3. The average Bonchev–Trinajstić information content (AvgIpc) is 2.98. The molecule has 0 fully saturated rings. The molecule has 0 N–H and O–H groups in total. The Bertz CT molecular complexity index is 846. The van der Waals surface area contributed by atoms with Gasteiger partial charge >= 0.3 is 5.69 Å². The Morgan fingerprint density at radius 2 is 1.80 bits per heavy atom. The largest absolute Gasteiger partial charge is 0.462 e. The Hall–Kier alpha value is -2.89. The first kappa shape index (κ1) is 12.2. The molecule has 6 heteroatoms. The van der Waals surface area contributed by atoms with Crippen molar-refractivity contribution in [2.75, 3.05) is 0 Å². The van der Waals surface area contributed by atoms with Gasteiger partial charge in [0.25, 0.3) is 5.56 Å². The number of aryl methyl sites for hydroxylation is 1. The fourth-order valence-electron chi connectivity index (χ4n) is 1.95. The maximum atomic E-state index is 12.5. The Morgan fingerprint density at radius 3 is 2.45 bits per heavy atom. The molecule has 2 aromatic heterocycles.